The summed E-state index contributed by atoms with van der Waals surface area (Å²) in [5.74, 6) is 1.96. The molecule has 1 aromatic rings. The van der Waals surface area contributed by atoms with Crippen molar-refractivity contribution in [3.05, 3.63) is 41.6 Å². The van der Waals surface area contributed by atoms with Crippen molar-refractivity contribution in [2.45, 2.75) is 10.5 Å². The molecule has 0 fully saturated rings. The molecule has 0 amide bonds. The smallest absolute Gasteiger partial charge is 0.0841 e. The van der Waals surface area contributed by atoms with Crippen LogP contribution in [0.4, 0.5) is 0 Å². The molecule has 1 aromatic carbocycles. The lowest BCUT2D eigenvalue weighted by Gasteiger charge is -2.31. The molecule has 0 saturated heterocycles. The van der Waals surface area contributed by atoms with E-state index in [0.29, 0.717) is 6.54 Å². The molecule has 0 aliphatic rings. The van der Waals surface area contributed by atoms with Gasteiger partial charge in [-0.25, -0.2) is 0 Å². The molecule has 4 heteroatoms. The Kier molecular flexibility index (Phi) is 5.39. The maximum Gasteiger partial charge on any atom is 0.0841 e. The van der Waals surface area contributed by atoms with Crippen LogP contribution in [0.15, 0.2) is 30.3 Å². The maximum absolute atomic E-state index is 5.56. The van der Waals surface area contributed by atoms with Gasteiger partial charge in [0.05, 0.1) is 4.08 Å². The Labute approximate surface area is 108 Å². The zero-order valence-corrected chi connectivity index (χ0v) is 11.1. The highest BCUT2D eigenvalue weighted by Crippen LogP contribution is 2.43. The Balaban J connectivity index is 2.89. The fourth-order valence-electron chi connectivity index (χ4n) is 1.46. The van der Waals surface area contributed by atoms with Crippen LogP contribution >= 0.6 is 37.9 Å². The van der Waals surface area contributed by atoms with Crippen LogP contribution in [0.3, 0.4) is 0 Å². The topological polar surface area (TPSA) is 26.0 Å². The van der Waals surface area contributed by atoms with E-state index in [9.17, 15) is 0 Å². The number of hydrogen-bond acceptors (Lipinski definition) is 4. The van der Waals surface area contributed by atoms with Crippen LogP contribution in [0.5, 0.6) is 0 Å². The average molecular weight is 258 g/mol. The van der Waals surface area contributed by atoms with Crippen LogP contribution in [0.1, 0.15) is 12.0 Å². The molecule has 1 rings (SSSR count). The van der Waals surface area contributed by atoms with Gasteiger partial charge in [0.2, 0.25) is 0 Å². The van der Waals surface area contributed by atoms with E-state index in [2.05, 4.69) is 37.9 Å². The minimum Gasteiger partial charge on any atom is -0.330 e. The predicted molar refractivity (Wildman–Crippen MR) is 76.5 cm³/mol. The molecule has 0 heterocycles. The zero-order chi connectivity index (χ0) is 11.3. The molecule has 1 nitrogen and oxygen atoms in total. The standard InChI is InChI=1S/C11H16NS3/c12-7-6-10(8-13)11(14,15)9-4-2-1-3-5-9/h1-5,8,10,13-15H,6-7,12H2. The minimum absolute atomic E-state index is 0.139. The van der Waals surface area contributed by atoms with E-state index in [1.165, 1.54) is 0 Å². The molecule has 0 aliphatic carbocycles. The monoisotopic (exact) mass is 258 g/mol. The number of thiol groups is 3. The molecular weight excluding hydrogens is 242 g/mol. The summed E-state index contributed by atoms with van der Waals surface area (Å²) in [6.07, 6.45) is 0.825. The van der Waals surface area contributed by atoms with Gasteiger partial charge >= 0.3 is 0 Å². The molecule has 0 saturated carbocycles. The summed E-state index contributed by atoms with van der Waals surface area (Å²) in [6, 6.07) is 9.97. The van der Waals surface area contributed by atoms with Gasteiger partial charge in [0, 0.05) is 11.7 Å². The third-order valence-corrected chi connectivity index (χ3v) is 3.91. The molecule has 1 radical (unpaired) electrons. The zero-order valence-electron chi connectivity index (χ0n) is 8.37. The fraction of sp³-hybridized carbons (Fsp3) is 0.364. The highest BCUT2D eigenvalue weighted by Gasteiger charge is 2.32. The molecule has 2 N–H and O–H groups in total. The molecule has 0 bridgehead atoms. The third-order valence-electron chi connectivity index (χ3n) is 2.37. The van der Waals surface area contributed by atoms with Gasteiger partial charge in [-0.05, 0) is 18.5 Å². The van der Waals surface area contributed by atoms with E-state index in [1.54, 1.807) is 0 Å². The van der Waals surface area contributed by atoms with Crippen LogP contribution < -0.4 is 5.73 Å². The minimum atomic E-state index is -0.512. The van der Waals surface area contributed by atoms with Gasteiger partial charge in [-0.3, -0.25) is 0 Å². The van der Waals surface area contributed by atoms with Crippen LogP contribution in [0.2, 0.25) is 0 Å². The van der Waals surface area contributed by atoms with Gasteiger partial charge in [0.25, 0.3) is 0 Å². The number of rotatable bonds is 5. The van der Waals surface area contributed by atoms with Crippen molar-refractivity contribution in [3.8, 4) is 0 Å². The highest BCUT2D eigenvalue weighted by molar-refractivity contribution is 7.99. The Morgan fingerprint density at radius 2 is 1.87 bits per heavy atom. The highest BCUT2D eigenvalue weighted by atomic mass is 32.2. The van der Waals surface area contributed by atoms with Gasteiger partial charge in [0.15, 0.2) is 0 Å². The average Bonchev–Trinajstić information content (AvgIpc) is 2.27. The molecular formula is C11H16NS3. The first-order chi connectivity index (χ1) is 7.12. The van der Waals surface area contributed by atoms with E-state index in [-0.39, 0.29) is 5.92 Å². The summed E-state index contributed by atoms with van der Waals surface area (Å²) in [4.78, 5) is 0. The lowest BCUT2D eigenvalue weighted by molar-refractivity contribution is 0.548. The van der Waals surface area contributed by atoms with Crippen LogP contribution in [-0.4, -0.2) is 6.54 Å². The van der Waals surface area contributed by atoms with Crippen molar-refractivity contribution in [1.82, 2.24) is 0 Å². The van der Waals surface area contributed by atoms with Crippen molar-refractivity contribution in [2.75, 3.05) is 6.54 Å². The van der Waals surface area contributed by atoms with Gasteiger partial charge < -0.3 is 5.73 Å². The molecule has 1 unspecified atom stereocenters. The molecule has 83 valence electrons. The number of benzene rings is 1. The normalized spacial score (nSPS) is 13.9. The Morgan fingerprint density at radius 3 is 2.33 bits per heavy atom. The summed E-state index contributed by atoms with van der Waals surface area (Å²) in [7, 11) is 0. The molecule has 0 aliphatic heterocycles. The Morgan fingerprint density at radius 1 is 1.27 bits per heavy atom. The fourth-order valence-corrected chi connectivity index (χ4v) is 2.77. The van der Waals surface area contributed by atoms with Gasteiger partial charge in [0.1, 0.15) is 0 Å². The second-order valence-electron chi connectivity index (χ2n) is 3.43. The van der Waals surface area contributed by atoms with E-state index < -0.39 is 4.08 Å². The SMILES string of the molecule is NCCC([CH]S)C(S)(S)c1ccccc1. The molecule has 15 heavy (non-hydrogen) atoms. The molecule has 0 aromatic heterocycles. The second-order valence-corrected chi connectivity index (χ2v) is 5.49. The van der Waals surface area contributed by atoms with Crippen LogP contribution in [0.25, 0.3) is 0 Å². The van der Waals surface area contributed by atoms with Crippen LogP contribution in [-0.2, 0) is 4.08 Å². The summed E-state index contributed by atoms with van der Waals surface area (Å²) < 4.78 is -0.512. The lowest BCUT2D eigenvalue weighted by Crippen LogP contribution is -2.25. The maximum atomic E-state index is 5.56. The lowest BCUT2D eigenvalue weighted by atomic mass is 9.96. The summed E-state index contributed by atoms with van der Waals surface area (Å²) in [6.45, 7) is 0.609. The van der Waals surface area contributed by atoms with Gasteiger partial charge in [-0.1, -0.05) is 30.3 Å². The van der Waals surface area contributed by atoms with Crippen molar-refractivity contribution < 1.29 is 0 Å². The van der Waals surface area contributed by atoms with Gasteiger partial charge in [-0.2, -0.15) is 37.9 Å². The largest absolute Gasteiger partial charge is 0.330 e. The van der Waals surface area contributed by atoms with Gasteiger partial charge in [-0.15, -0.1) is 0 Å². The van der Waals surface area contributed by atoms with E-state index in [1.807, 2.05) is 36.1 Å². The first-order valence-electron chi connectivity index (χ1n) is 4.80. The van der Waals surface area contributed by atoms with Crippen molar-refractivity contribution in [2.24, 2.45) is 11.7 Å². The summed E-state index contributed by atoms with van der Waals surface area (Å²) >= 11 is 13.4. The quantitative estimate of drug-likeness (QED) is 0.474. The second kappa shape index (κ2) is 6.09. The molecule has 1 atom stereocenters. The predicted octanol–water partition coefficient (Wildman–Crippen LogP) is 2.76. The van der Waals surface area contributed by atoms with Crippen molar-refractivity contribution >= 4 is 37.9 Å². The van der Waals surface area contributed by atoms with E-state index in [0.717, 1.165) is 12.0 Å². The van der Waals surface area contributed by atoms with Crippen molar-refractivity contribution in [1.29, 1.82) is 0 Å². The number of nitrogens with two attached hydrogens (primary N) is 1. The summed E-state index contributed by atoms with van der Waals surface area (Å²) in [5, 5.41) is 0. The number of hydrogen-bond donors (Lipinski definition) is 4. The van der Waals surface area contributed by atoms with E-state index in [4.69, 9.17) is 5.73 Å². The van der Waals surface area contributed by atoms with Crippen LogP contribution in [0, 0.1) is 11.7 Å². The third kappa shape index (κ3) is 3.34. The summed E-state index contributed by atoms with van der Waals surface area (Å²) in [5.41, 5.74) is 6.63. The first kappa shape index (κ1) is 13.3. The molecule has 0 spiro atoms. The van der Waals surface area contributed by atoms with Crippen molar-refractivity contribution in [3.63, 3.8) is 0 Å². The Bertz CT molecular complexity index is 287. The van der Waals surface area contributed by atoms with E-state index >= 15 is 0 Å². The first-order valence-corrected chi connectivity index (χ1v) is 6.22. The Hall–Kier alpha value is 0.230.